The molecule has 0 aliphatic heterocycles. The van der Waals surface area contributed by atoms with Crippen LogP contribution >= 0.6 is 11.6 Å². The summed E-state index contributed by atoms with van der Waals surface area (Å²) < 4.78 is 73.0. The first-order chi connectivity index (χ1) is 22.2. The number of alkyl halides is 3. The Labute approximate surface area is 279 Å². The third-order valence-electron chi connectivity index (χ3n) is 7.76. The fraction of sp³-hybridized carbons (Fsp3) is 0.417. The largest absolute Gasteiger partial charge is 0.398 e. The lowest BCUT2D eigenvalue weighted by Crippen LogP contribution is -2.33. The summed E-state index contributed by atoms with van der Waals surface area (Å²) in [5.74, 6) is -3.57. The number of pyridine rings is 2. The number of carbonyl (C=O) groups excluding carboxylic acids is 1. The molecule has 2 heterocycles. The molecular formula is C36H44ClF5N4O. The van der Waals surface area contributed by atoms with E-state index in [0.717, 1.165) is 22.0 Å². The van der Waals surface area contributed by atoms with Crippen LogP contribution in [-0.4, -0.2) is 29.1 Å². The van der Waals surface area contributed by atoms with E-state index in [1.54, 1.807) is 6.07 Å². The van der Waals surface area contributed by atoms with Crippen molar-refractivity contribution >= 4 is 28.9 Å². The van der Waals surface area contributed by atoms with Crippen LogP contribution in [0.1, 0.15) is 87.5 Å². The molecule has 0 spiro atoms. The standard InChI is InChI=1S/C31H29ClF5N3.2C2H6.CH3NO/c1-16-11-18(12-20-13-24(32)17(2)39-27(16)20)14-38-15-23(31(35,36)37)29-26(34)25-22(9-10-30(25,3)4)28(40-29)19-5-7-21(33)8-6-19;2*1-2;2-1-3/h5-8,11-13,23,38H,9-10,14-15H2,1-4H3;2*1-2H3;1H,(H2,2,3). The van der Waals surface area contributed by atoms with E-state index in [-0.39, 0.29) is 24.2 Å². The number of hydrogen-bond acceptors (Lipinski definition) is 4. The van der Waals surface area contributed by atoms with Crippen molar-refractivity contribution in [1.82, 2.24) is 15.3 Å². The van der Waals surface area contributed by atoms with Crippen molar-refractivity contribution < 1.29 is 26.7 Å². The van der Waals surface area contributed by atoms with E-state index < -0.39 is 41.4 Å². The van der Waals surface area contributed by atoms with E-state index in [0.29, 0.717) is 34.7 Å². The zero-order chi connectivity index (χ0) is 35.7. The predicted octanol–water partition coefficient (Wildman–Crippen LogP) is 9.66. The average Bonchev–Trinajstić information content (AvgIpc) is 3.34. The number of aryl methyl sites for hydroxylation is 2. The van der Waals surface area contributed by atoms with Crippen molar-refractivity contribution in [1.29, 1.82) is 0 Å². The molecule has 11 heteroatoms. The van der Waals surface area contributed by atoms with E-state index in [9.17, 15) is 17.6 Å². The summed E-state index contributed by atoms with van der Waals surface area (Å²) in [5.41, 5.74) is 7.54. The second-order valence-electron chi connectivity index (χ2n) is 11.3. The maximum Gasteiger partial charge on any atom is 0.398 e. The minimum Gasteiger partial charge on any atom is -0.372 e. The molecule has 0 radical (unpaired) electrons. The van der Waals surface area contributed by atoms with Crippen LogP contribution in [0.5, 0.6) is 0 Å². The van der Waals surface area contributed by atoms with Gasteiger partial charge in [0.05, 0.1) is 27.6 Å². The van der Waals surface area contributed by atoms with Crippen LogP contribution in [0.2, 0.25) is 5.02 Å². The molecule has 5 nitrogen and oxygen atoms in total. The van der Waals surface area contributed by atoms with Crippen LogP contribution in [0.15, 0.2) is 42.5 Å². The third-order valence-corrected chi connectivity index (χ3v) is 8.14. The van der Waals surface area contributed by atoms with Crippen molar-refractivity contribution in [3.05, 3.63) is 92.8 Å². The lowest BCUT2D eigenvalue weighted by Gasteiger charge is -2.26. The van der Waals surface area contributed by atoms with Crippen LogP contribution in [0.25, 0.3) is 22.2 Å². The van der Waals surface area contributed by atoms with Crippen molar-refractivity contribution in [3.8, 4) is 11.3 Å². The molecule has 5 rings (SSSR count). The third kappa shape index (κ3) is 9.26. The highest BCUT2D eigenvalue weighted by molar-refractivity contribution is 6.31. The van der Waals surface area contributed by atoms with Gasteiger partial charge in [-0.1, -0.05) is 59.2 Å². The molecule has 1 amide bonds. The van der Waals surface area contributed by atoms with Gasteiger partial charge in [-0.15, -0.1) is 0 Å². The Morgan fingerprint density at radius 2 is 1.62 bits per heavy atom. The fourth-order valence-corrected chi connectivity index (χ4v) is 5.80. The summed E-state index contributed by atoms with van der Waals surface area (Å²) in [7, 11) is 0. The van der Waals surface area contributed by atoms with Crippen LogP contribution < -0.4 is 11.1 Å². The zero-order valence-electron chi connectivity index (χ0n) is 28.2. The Morgan fingerprint density at radius 3 is 2.19 bits per heavy atom. The van der Waals surface area contributed by atoms with E-state index in [2.05, 4.69) is 21.0 Å². The number of halogens is 6. The van der Waals surface area contributed by atoms with Gasteiger partial charge < -0.3 is 11.1 Å². The average molecular weight is 679 g/mol. The number of benzene rings is 2. The van der Waals surface area contributed by atoms with E-state index >= 15 is 4.39 Å². The number of aromatic nitrogens is 2. The molecule has 0 saturated carbocycles. The Kier molecular flexibility index (Phi) is 14.3. The summed E-state index contributed by atoms with van der Waals surface area (Å²) in [4.78, 5) is 17.4. The van der Waals surface area contributed by atoms with Crippen LogP contribution in [0.4, 0.5) is 22.0 Å². The Morgan fingerprint density at radius 1 is 1.02 bits per heavy atom. The number of nitrogens with one attached hydrogen (secondary N) is 1. The van der Waals surface area contributed by atoms with E-state index in [4.69, 9.17) is 16.4 Å². The summed E-state index contributed by atoms with van der Waals surface area (Å²) >= 11 is 6.23. The Balaban J connectivity index is 0.00000102. The molecule has 4 aromatic rings. The first kappa shape index (κ1) is 39.5. The van der Waals surface area contributed by atoms with E-state index in [1.807, 2.05) is 67.5 Å². The maximum absolute atomic E-state index is 16.0. The fourth-order valence-electron chi connectivity index (χ4n) is 5.64. The second-order valence-corrected chi connectivity index (χ2v) is 11.7. The smallest absolute Gasteiger partial charge is 0.372 e. The number of hydrogen-bond donors (Lipinski definition) is 2. The SMILES string of the molecule is CC.CC.Cc1nc2c(C)cc(CNCC(c3nc(-c4ccc(F)cc4)c4c(c3F)C(C)(C)CC4)C(F)(F)F)cc2cc1Cl.NC=O. The number of rotatable bonds is 6. The van der Waals surface area contributed by atoms with Gasteiger partial charge in [0.1, 0.15) is 17.6 Å². The molecule has 256 valence electrons. The number of nitrogens with zero attached hydrogens (tertiary/aromatic N) is 2. The van der Waals surface area contributed by atoms with Gasteiger partial charge in [-0.3, -0.25) is 9.78 Å². The topological polar surface area (TPSA) is 80.9 Å². The summed E-state index contributed by atoms with van der Waals surface area (Å²) in [6.45, 7) is 14.9. The second kappa shape index (κ2) is 17.0. The summed E-state index contributed by atoms with van der Waals surface area (Å²) in [6, 6.07) is 10.9. The molecule has 2 aromatic heterocycles. The minimum atomic E-state index is -4.76. The molecule has 2 aromatic carbocycles. The highest BCUT2D eigenvalue weighted by atomic mass is 35.5. The molecule has 3 N–H and O–H groups in total. The molecule has 1 atom stereocenters. The Hall–Kier alpha value is -3.63. The predicted molar refractivity (Wildman–Crippen MR) is 181 cm³/mol. The molecule has 47 heavy (non-hydrogen) atoms. The number of nitrogens with two attached hydrogens (primary N) is 1. The van der Waals surface area contributed by atoms with Crippen LogP contribution in [0.3, 0.4) is 0 Å². The summed E-state index contributed by atoms with van der Waals surface area (Å²) in [5, 5.41) is 4.17. The minimum absolute atomic E-state index is 0.123. The first-order valence-electron chi connectivity index (χ1n) is 15.7. The maximum atomic E-state index is 16.0. The first-order valence-corrected chi connectivity index (χ1v) is 16.0. The highest BCUT2D eigenvalue weighted by Crippen LogP contribution is 2.47. The summed E-state index contributed by atoms with van der Waals surface area (Å²) in [6.07, 6.45) is -3.45. The number of carbonyl (C=O) groups is 1. The quantitative estimate of drug-likeness (QED) is 0.157. The van der Waals surface area contributed by atoms with Gasteiger partial charge in [-0.25, -0.2) is 13.8 Å². The number of amides is 1. The van der Waals surface area contributed by atoms with Gasteiger partial charge in [0.15, 0.2) is 0 Å². The van der Waals surface area contributed by atoms with Gasteiger partial charge in [-0.05, 0) is 85.2 Å². The number of fused-ring (bicyclic) bond motifs is 2. The lowest BCUT2D eigenvalue weighted by molar-refractivity contribution is -0.151. The highest BCUT2D eigenvalue weighted by Gasteiger charge is 2.46. The van der Waals surface area contributed by atoms with Crippen LogP contribution in [0, 0.1) is 25.5 Å². The van der Waals surface area contributed by atoms with Crippen molar-refractivity contribution in [2.24, 2.45) is 5.73 Å². The lowest BCUT2D eigenvalue weighted by atomic mass is 9.84. The normalized spacial score (nSPS) is 13.7. The zero-order valence-corrected chi connectivity index (χ0v) is 28.9. The molecule has 1 aliphatic carbocycles. The van der Waals surface area contributed by atoms with Gasteiger partial charge in [-0.2, -0.15) is 13.2 Å². The molecular weight excluding hydrogens is 635 g/mol. The Bertz CT molecular complexity index is 1660. The molecule has 0 fully saturated rings. The van der Waals surface area contributed by atoms with Crippen LogP contribution in [-0.2, 0) is 23.2 Å². The van der Waals surface area contributed by atoms with Gasteiger partial charge in [0.25, 0.3) is 0 Å². The monoisotopic (exact) mass is 678 g/mol. The molecule has 0 bridgehead atoms. The molecule has 1 aliphatic rings. The number of primary amides is 1. The molecule has 0 saturated heterocycles. The molecule has 1 unspecified atom stereocenters. The van der Waals surface area contributed by atoms with Crippen molar-refractivity contribution in [3.63, 3.8) is 0 Å². The van der Waals surface area contributed by atoms with E-state index in [1.165, 1.54) is 24.3 Å². The van der Waals surface area contributed by atoms with Crippen molar-refractivity contribution in [2.75, 3.05) is 6.54 Å². The van der Waals surface area contributed by atoms with Gasteiger partial charge >= 0.3 is 6.18 Å². The van der Waals surface area contributed by atoms with Gasteiger partial charge in [0, 0.05) is 29.6 Å². The van der Waals surface area contributed by atoms with Gasteiger partial charge in [0.2, 0.25) is 6.41 Å². The van der Waals surface area contributed by atoms with Crippen molar-refractivity contribution in [2.45, 2.75) is 92.3 Å².